The van der Waals surface area contributed by atoms with Crippen LogP contribution in [0.4, 0.5) is 0 Å². The van der Waals surface area contributed by atoms with Crippen LogP contribution in [0, 0.1) is 0 Å². The Morgan fingerprint density at radius 1 is 1.42 bits per heavy atom. The molecule has 1 aliphatic heterocycles. The van der Waals surface area contributed by atoms with Gasteiger partial charge in [0.2, 0.25) is 5.91 Å². The molecule has 0 aromatic heterocycles. The quantitative estimate of drug-likeness (QED) is 0.559. The number of hydrogen-bond acceptors (Lipinski definition) is 2. The van der Waals surface area contributed by atoms with Gasteiger partial charge in [0.1, 0.15) is 6.54 Å². The van der Waals surface area contributed by atoms with Crippen molar-refractivity contribution in [3.63, 3.8) is 0 Å². The number of hydrogen-bond donors (Lipinski definition) is 1. The van der Waals surface area contributed by atoms with Gasteiger partial charge in [-0.25, -0.2) is 5.32 Å². The van der Waals surface area contributed by atoms with Crippen LogP contribution in [0.5, 0.6) is 0 Å². The van der Waals surface area contributed by atoms with Crippen LogP contribution in [-0.2, 0) is 9.59 Å². The molecule has 0 bridgehead atoms. The number of nitrogens with one attached hydrogen (secondary N) is 1. The molecule has 0 aromatic carbocycles. The molecule has 0 aromatic rings. The highest BCUT2D eigenvalue weighted by atomic mass is 28.3. The summed E-state index contributed by atoms with van der Waals surface area (Å²) in [6.45, 7) is 6.11. The van der Waals surface area contributed by atoms with Gasteiger partial charge in [0, 0.05) is 0 Å². The second-order valence-electron chi connectivity index (χ2n) is 4.02. The van der Waals surface area contributed by atoms with Crippen molar-refractivity contribution in [1.29, 1.82) is 0 Å². The van der Waals surface area contributed by atoms with E-state index in [2.05, 4.69) is 10.6 Å². The van der Waals surface area contributed by atoms with Gasteiger partial charge >= 0.3 is 0 Å². The van der Waals surface area contributed by atoms with Crippen molar-refractivity contribution < 1.29 is 9.59 Å². The highest BCUT2D eigenvalue weighted by Gasteiger charge is 2.37. The summed E-state index contributed by atoms with van der Waals surface area (Å²) < 4.78 is 0. The molecule has 0 spiro atoms. The Labute approximate surface area is 72.7 Å². The number of rotatable bonds is 1. The molecule has 2 amide bonds. The fraction of sp³-hybridized carbons (Fsp3) is 0.714. The van der Waals surface area contributed by atoms with Crippen LogP contribution in [0.15, 0.2) is 0 Å². The zero-order chi connectivity index (χ0) is 9.35. The summed E-state index contributed by atoms with van der Waals surface area (Å²) in [6, 6.07) is 0. The van der Waals surface area contributed by atoms with Gasteiger partial charge in [0.25, 0.3) is 5.91 Å². The first kappa shape index (κ1) is 9.25. The molecule has 0 saturated carbocycles. The number of carbonyl (C=O) groups excluding carboxylic acids is 2. The summed E-state index contributed by atoms with van der Waals surface area (Å²) in [5, 5.41) is 6.33. The van der Waals surface area contributed by atoms with Crippen molar-refractivity contribution in [3.8, 4) is 0 Å². The van der Waals surface area contributed by atoms with Crippen molar-refractivity contribution >= 4 is 19.9 Å². The van der Waals surface area contributed by atoms with Crippen LogP contribution in [0.1, 0.15) is 0 Å². The Morgan fingerprint density at radius 2 is 2.00 bits per heavy atom. The molecule has 67 valence electrons. The van der Waals surface area contributed by atoms with Gasteiger partial charge in [-0.05, 0) is 0 Å². The molecule has 0 aliphatic carbocycles. The van der Waals surface area contributed by atoms with E-state index in [1.807, 2.05) is 19.6 Å². The lowest BCUT2D eigenvalue weighted by Crippen LogP contribution is -2.62. The standard InChI is InChI=1S/C7H13N2O2Si/c1-12(2,3)7-6(11)8-4-5(10)9-7/h7H,4H2,1-3H3,(H,9,10). The van der Waals surface area contributed by atoms with E-state index >= 15 is 0 Å². The molecule has 12 heavy (non-hydrogen) atoms. The lowest BCUT2D eigenvalue weighted by Gasteiger charge is -2.30. The molecule has 1 N–H and O–H groups in total. The zero-order valence-electron chi connectivity index (χ0n) is 7.55. The van der Waals surface area contributed by atoms with Crippen molar-refractivity contribution in [3.05, 3.63) is 0 Å². The molecule has 1 atom stereocenters. The lowest BCUT2D eigenvalue weighted by molar-refractivity contribution is -0.132. The minimum atomic E-state index is -1.64. The molecule has 1 saturated heterocycles. The predicted octanol–water partition coefficient (Wildman–Crippen LogP) is -0.507. The van der Waals surface area contributed by atoms with E-state index in [4.69, 9.17) is 0 Å². The van der Waals surface area contributed by atoms with Crippen molar-refractivity contribution in [2.45, 2.75) is 25.3 Å². The minimum absolute atomic E-state index is 0.000185. The van der Waals surface area contributed by atoms with Crippen LogP contribution in [0.3, 0.4) is 0 Å². The summed E-state index contributed by atoms with van der Waals surface area (Å²) in [6.07, 6.45) is 0. The normalized spacial score (nSPS) is 24.8. The van der Waals surface area contributed by atoms with Gasteiger partial charge < -0.3 is 5.32 Å². The zero-order valence-corrected chi connectivity index (χ0v) is 8.55. The van der Waals surface area contributed by atoms with E-state index in [9.17, 15) is 9.59 Å². The number of piperazine rings is 1. The summed E-state index contributed by atoms with van der Waals surface area (Å²) in [5.41, 5.74) is -0.321. The highest BCUT2D eigenvalue weighted by molar-refractivity contribution is 6.80. The Hall–Kier alpha value is -0.843. The molecule has 1 rings (SSSR count). The Kier molecular flexibility index (Phi) is 2.23. The van der Waals surface area contributed by atoms with E-state index in [-0.39, 0.29) is 24.0 Å². The maximum atomic E-state index is 11.2. The van der Waals surface area contributed by atoms with E-state index < -0.39 is 8.07 Å². The Balaban J connectivity index is 2.74. The molecular formula is C7H13N2O2Si. The van der Waals surface area contributed by atoms with E-state index in [1.54, 1.807) is 0 Å². The van der Waals surface area contributed by atoms with Crippen LogP contribution in [0.25, 0.3) is 0 Å². The third kappa shape index (κ3) is 1.85. The maximum absolute atomic E-state index is 11.2. The first-order valence-electron chi connectivity index (χ1n) is 3.92. The molecule has 1 heterocycles. The van der Waals surface area contributed by atoms with E-state index in [0.717, 1.165) is 0 Å². The maximum Gasteiger partial charge on any atom is 0.260 e. The first-order valence-corrected chi connectivity index (χ1v) is 7.50. The van der Waals surface area contributed by atoms with Crippen molar-refractivity contribution in [2.75, 3.05) is 6.54 Å². The van der Waals surface area contributed by atoms with Gasteiger partial charge in [-0.2, -0.15) is 0 Å². The predicted molar refractivity (Wildman–Crippen MR) is 47.3 cm³/mol. The monoisotopic (exact) mass is 185 g/mol. The largest absolute Gasteiger partial charge is 0.345 e. The highest BCUT2D eigenvalue weighted by Crippen LogP contribution is 2.09. The minimum Gasteiger partial charge on any atom is -0.345 e. The van der Waals surface area contributed by atoms with E-state index in [1.165, 1.54) is 0 Å². The van der Waals surface area contributed by atoms with Gasteiger partial charge in [-0.15, -0.1) is 0 Å². The molecule has 1 radical (unpaired) electrons. The summed E-state index contributed by atoms with van der Waals surface area (Å²) >= 11 is 0. The smallest absolute Gasteiger partial charge is 0.260 e. The van der Waals surface area contributed by atoms with Gasteiger partial charge in [-0.3, -0.25) is 9.59 Å². The summed E-state index contributed by atoms with van der Waals surface area (Å²) in [4.78, 5) is 22.2. The second-order valence-corrected chi connectivity index (χ2v) is 9.33. The molecule has 5 heteroatoms. The average molecular weight is 185 g/mol. The fourth-order valence-electron chi connectivity index (χ4n) is 1.10. The number of amides is 2. The van der Waals surface area contributed by atoms with Gasteiger partial charge in [0.05, 0.1) is 13.7 Å². The average Bonchev–Trinajstić information content (AvgIpc) is 1.92. The molecule has 1 aliphatic rings. The molecule has 1 unspecified atom stereocenters. The van der Waals surface area contributed by atoms with Crippen LogP contribution in [-0.4, -0.2) is 32.1 Å². The topological polar surface area (TPSA) is 60.3 Å². The third-order valence-corrected chi connectivity index (χ3v) is 3.92. The SMILES string of the molecule is C[Si](C)(C)C1NC(=O)C[N]C1=O. The van der Waals surface area contributed by atoms with Crippen molar-refractivity contribution in [1.82, 2.24) is 10.6 Å². The summed E-state index contributed by atoms with van der Waals surface area (Å²) in [7, 11) is -1.64. The van der Waals surface area contributed by atoms with Crippen molar-refractivity contribution in [2.24, 2.45) is 0 Å². The molecule has 4 nitrogen and oxygen atoms in total. The Morgan fingerprint density at radius 3 is 2.42 bits per heavy atom. The van der Waals surface area contributed by atoms with Crippen LogP contribution >= 0.6 is 0 Å². The van der Waals surface area contributed by atoms with Gasteiger partial charge in [-0.1, -0.05) is 19.6 Å². The Bertz CT molecular complexity index is 222. The van der Waals surface area contributed by atoms with Crippen LogP contribution < -0.4 is 10.6 Å². The third-order valence-electron chi connectivity index (χ3n) is 1.80. The molecular weight excluding hydrogens is 172 g/mol. The second kappa shape index (κ2) is 2.89. The summed E-state index contributed by atoms with van der Waals surface area (Å²) in [5.74, 6) is -0.296. The lowest BCUT2D eigenvalue weighted by atomic mass is 10.4. The first-order chi connectivity index (χ1) is 5.41. The van der Waals surface area contributed by atoms with Crippen LogP contribution in [0.2, 0.25) is 19.6 Å². The molecule has 1 fully saturated rings. The number of carbonyl (C=O) groups is 2. The van der Waals surface area contributed by atoms with Gasteiger partial charge in [0.15, 0.2) is 0 Å². The van der Waals surface area contributed by atoms with E-state index in [0.29, 0.717) is 0 Å². The number of nitrogens with zero attached hydrogens (tertiary/aromatic N) is 1. The fourth-order valence-corrected chi connectivity index (χ4v) is 2.52.